The van der Waals surface area contributed by atoms with E-state index < -0.39 is 18.3 Å². The molecule has 0 saturated carbocycles. The molecule has 5 aromatic carbocycles. The number of fused-ring (bicyclic) bond motifs is 11. The Morgan fingerprint density at radius 2 is 1.03 bits per heavy atom. The first kappa shape index (κ1) is 22.3. The molecule has 2 aliphatic carbocycles. The van der Waals surface area contributed by atoms with Gasteiger partial charge in [-0.15, -0.1) is 0 Å². The summed E-state index contributed by atoms with van der Waals surface area (Å²) in [5.74, 6) is 0. The van der Waals surface area contributed by atoms with Crippen molar-refractivity contribution >= 4 is 23.4 Å². The molecule has 1 spiro atoms. The van der Waals surface area contributed by atoms with Crippen LogP contribution in [0.15, 0.2) is 103 Å². The van der Waals surface area contributed by atoms with Crippen LogP contribution in [-0.2, 0) is 14.7 Å². The van der Waals surface area contributed by atoms with Gasteiger partial charge in [0.05, 0.1) is 16.6 Å². The maximum atomic E-state index is 6.65. The van der Waals surface area contributed by atoms with Crippen LogP contribution in [-0.4, -0.2) is 18.3 Å². The van der Waals surface area contributed by atoms with Crippen molar-refractivity contribution in [3.63, 3.8) is 0 Å². The van der Waals surface area contributed by atoms with Crippen LogP contribution in [0.5, 0.6) is 0 Å². The van der Waals surface area contributed by atoms with Crippen LogP contribution < -0.4 is 5.46 Å². The lowest BCUT2D eigenvalue weighted by Gasteiger charge is -2.32. The second-order valence-corrected chi connectivity index (χ2v) is 11.9. The van der Waals surface area contributed by atoms with E-state index in [1.54, 1.807) is 0 Å². The van der Waals surface area contributed by atoms with Gasteiger partial charge < -0.3 is 9.31 Å². The van der Waals surface area contributed by atoms with E-state index in [1.165, 1.54) is 55.3 Å². The van der Waals surface area contributed by atoms with Gasteiger partial charge in [0.25, 0.3) is 0 Å². The highest BCUT2D eigenvalue weighted by Crippen LogP contribution is 2.63. The van der Waals surface area contributed by atoms with Gasteiger partial charge in [0.2, 0.25) is 0 Å². The van der Waals surface area contributed by atoms with Crippen molar-refractivity contribution in [1.82, 2.24) is 0 Å². The maximum absolute atomic E-state index is 6.65. The Morgan fingerprint density at radius 1 is 0.500 bits per heavy atom. The average Bonchev–Trinajstić information content (AvgIpc) is 3.46. The van der Waals surface area contributed by atoms with E-state index in [4.69, 9.17) is 9.31 Å². The first-order chi connectivity index (χ1) is 18.3. The van der Waals surface area contributed by atoms with Crippen molar-refractivity contribution in [3.8, 4) is 22.3 Å². The molecule has 0 unspecified atom stereocenters. The topological polar surface area (TPSA) is 18.5 Å². The van der Waals surface area contributed by atoms with Gasteiger partial charge in [0.15, 0.2) is 0 Å². The number of hydrogen-bond acceptors (Lipinski definition) is 2. The highest BCUT2D eigenvalue weighted by atomic mass is 16.7. The largest absolute Gasteiger partial charge is 0.495 e. The summed E-state index contributed by atoms with van der Waals surface area (Å²) in [6, 6.07) is 38.1. The number of rotatable bonds is 1. The van der Waals surface area contributed by atoms with Gasteiger partial charge in [-0.1, -0.05) is 91.0 Å². The predicted molar refractivity (Wildman–Crippen MR) is 156 cm³/mol. The lowest BCUT2D eigenvalue weighted by molar-refractivity contribution is 0.00578. The van der Waals surface area contributed by atoms with E-state index >= 15 is 0 Å². The highest BCUT2D eigenvalue weighted by molar-refractivity contribution is 6.64. The van der Waals surface area contributed by atoms with Crippen LogP contribution >= 0.6 is 0 Å². The summed E-state index contributed by atoms with van der Waals surface area (Å²) in [4.78, 5) is 0. The van der Waals surface area contributed by atoms with Gasteiger partial charge in [-0.05, 0) is 101 Å². The van der Waals surface area contributed by atoms with Crippen LogP contribution in [0.4, 0.5) is 0 Å². The van der Waals surface area contributed by atoms with E-state index in [0.29, 0.717) is 0 Å². The summed E-state index contributed by atoms with van der Waals surface area (Å²) < 4.78 is 13.3. The summed E-state index contributed by atoms with van der Waals surface area (Å²) in [7, 11) is -0.434. The summed E-state index contributed by atoms with van der Waals surface area (Å²) in [6.45, 7) is 8.51. The quantitative estimate of drug-likeness (QED) is 0.221. The van der Waals surface area contributed by atoms with E-state index in [2.05, 4.69) is 131 Å². The van der Waals surface area contributed by atoms with Gasteiger partial charge in [-0.2, -0.15) is 0 Å². The smallest absolute Gasteiger partial charge is 0.399 e. The Balaban J connectivity index is 1.51. The zero-order chi connectivity index (χ0) is 25.9. The summed E-state index contributed by atoms with van der Waals surface area (Å²) in [5, 5.41) is 2.51. The third-order valence-corrected chi connectivity index (χ3v) is 9.52. The molecule has 184 valence electrons. The van der Waals surface area contributed by atoms with Gasteiger partial charge in [0, 0.05) is 0 Å². The Hall–Kier alpha value is -3.66. The van der Waals surface area contributed by atoms with Gasteiger partial charge in [-0.25, -0.2) is 0 Å². The maximum Gasteiger partial charge on any atom is 0.495 e. The fourth-order valence-electron chi connectivity index (χ4n) is 7.07. The number of benzene rings is 5. The van der Waals surface area contributed by atoms with Crippen LogP contribution in [0.3, 0.4) is 0 Å². The van der Waals surface area contributed by atoms with Crippen LogP contribution in [0, 0.1) is 0 Å². The normalized spacial score (nSPS) is 18.9. The molecule has 2 nitrogen and oxygen atoms in total. The van der Waals surface area contributed by atoms with E-state index in [9.17, 15) is 0 Å². The first-order valence-corrected chi connectivity index (χ1v) is 13.5. The summed E-state index contributed by atoms with van der Waals surface area (Å²) in [6.07, 6.45) is 0. The molecule has 38 heavy (non-hydrogen) atoms. The molecule has 1 saturated heterocycles. The molecule has 3 heteroatoms. The Kier molecular flexibility index (Phi) is 4.26. The zero-order valence-corrected chi connectivity index (χ0v) is 22.2. The molecule has 0 amide bonds. The fraction of sp³-hybridized carbons (Fsp3) is 0.200. The van der Waals surface area contributed by atoms with Crippen molar-refractivity contribution in [2.24, 2.45) is 0 Å². The lowest BCUT2D eigenvalue weighted by Crippen LogP contribution is -2.41. The summed E-state index contributed by atoms with van der Waals surface area (Å²) >= 11 is 0. The predicted octanol–water partition coefficient (Wildman–Crippen LogP) is 7.48. The van der Waals surface area contributed by atoms with Crippen LogP contribution in [0.2, 0.25) is 0 Å². The molecule has 3 aliphatic rings. The third-order valence-electron chi connectivity index (χ3n) is 9.52. The van der Waals surface area contributed by atoms with Crippen LogP contribution in [0.1, 0.15) is 49.9 Å². The fourth-order valence-corrected chi connectivity index (χ4v) is 7.07. The highest BCUT2D eigenvalue weighted by Gasteiger charge is 2.56. The first-order valence-electron chi connectivity index (χ1n) is 13.5. The minimum absolute atomic E-state index is 0.387. The minimum Gasteiger partial charge on any atom is -0.399 e. The third kappa shape index (κ3) is 2.61. The minimum atomic E-state index is -0.434. The number of hydrogen-bond donors (Lipinski definition) is 0. The van der Waals surface area contributed by atoms with Gasteiger partial charge >= 0.3 is 7.12 Å². The van der Waals surface area contributed by atoms with Crippen molar-refractivity contribution in [2.75, 3.05) is 0 Å². The van der Waals surface area contributed by atoms with Crippen molar-refractivity contribution in [1.29, 1.82) is 0 Å². The second kappa shape index (κ2) is 7.25. The second-order valence-electron chi connectivity index (χ2n) is 11.9. The lowest BCUT2D eigenvalue weighted by atomic mass is 9.68. The standard InChI is InChI=1S/C35H29BO2/c1-33(2)34(3,4)38-36(37-33)31-19-11-18-29-32(31)26-20-22-12-5-6-13-23(22)21-30(26)35(29)27-16-9-7-14-24(27)25-15-8-10-17-28(25)35/h5-21H,1-4H3. The molecule has 8 rings (SSSR count). The molecule has 1 fully saturated rings. The molecule has 1 aliphatic heterocycles. The van der Waals surface area contributed by atoms with Crippen molar-refractivity contribution in [3.05, 3.63) is 125 Å². The molecular weight excluding hydrogens is 463 g/mol. The SMILES string of the molecule is CC1(C)OB(c2cccc3c2-c2cc4ccccc4cc2C32c3ccccc3-c3ccccc32)OC1(C)C. The molecule has 0 N–H and O–H groups in total. The summed E-state index contributed by atoms with van der Waals surface area (Å²) in [5.41, 5.74) is 10.4. The zero-order valence-electron chi connectivity index (χ0n) is 22.2. The van der Waals surface area contributed by atoms with Crippen molar-refractivity contribution < 1.29 is 9.31 Å². The molecule has 0 atom stereocenters. The molecule has 0 bridgehead atoms. The average molecular weight is 492 g/mol. The Bertz CT molecular complexity index is 1740. The van der Waals surface area contributed by atoms with E-state index in [-0.39, 0.29) is 5.41 Å². The Labute approximate surface area is 224 Å². The molecule has 5 aromatic rings. The molecular formula is C35H29BO2. The van der Waals surface area contributed by atoms with Crippen molar-refractivity contribution in [2.45, 2.75) is 44.3 Å². The van der Waals surface area contributed by atoms with E-state index in [1.807, 2.05) is 0 Å². The van der Waals surface area contributed by atoms with Gasteiger partial charge in [-0.3, -0.25) is 0 Å². The van der Waals surface area contributed by atoms with E-state index in [0.717, 1.165) is 5.46 Å². The molecule has 0 radical (unpaired) electrons. The van der Waals surface area contributed by atoms with Gasteiger partial charge in [0.1, 0.15) is 0 Å². The Morgan fingerprint density at radius 3 is 1.66 bits per heavy atom. The monoisotopic (exact) mass is 492 g/mol. The molecule has 0 aromatic heterocycles. The van der Waals surface area contributed by atoms with Crippen LogP contribution in [0.25, 0.3) is 33.0 Å². The molecule has 1 heterocycles.